The molecule has 3 aromatic rings. The minimum absolute atomic E-state index is 0.0969. The molecule has 0 atom stereocenters. The predicted molar refractivity (Wildman–Crippen MR) is 98.3 cm³/mol. The summed E-state index contributed by atoms with van der Waals surface area (Å²) in [6.45, 7) is 0. The van der Waals surface area contributed by atoms with E-state index in [9.17, 15) is 8.42 Å². The predicted octanol–water partition coefficient (Wildman–Crippen LogP) is 2.86. The van der Waals surface area contributed by atoms with Crippen molar-refractivity contribution in [3.63, 3.8) is 0 Å². The number of sulfonamides is 1. The number of anilines is 2. The first-order valence-corrected chi connectivity index (χ1v) is 8.86. The number of rotatable bonds is 3. The number of hydrogen-bond donors (Lipinski definition) is 2. The highest BCUT2D eigenvalue weighted by Crippen LogP contribution is 2.19. The van der Waals surface area contributed by atoms with Crippen molar-refractivity contribution in [2.75, 3.05) is 10.5 Å². The number of nitrogens with two attached hydrogens (primary N) is 1. The van der Waals surface area contributed by atoms with Gasteiger partial charge in [-0.1, -0.05) is 42.3 Å². The lowest BCUT2D eigenvalue weighted by molar-refractivity contribution is 0.601. The zero-order valence-corrected chi connectivity index (χ0v) is 13.9. The van der Waals surface area contributed by atoms with Crippen molar-refractivity contribution in [1.29, 1.82) is 0 Å². The molecular weight excluding hydrogens is 334 g/mol. The van der Waals surface area contributed by atoms with Crippen molar-refractivity contribution in [2.45, 2.75) is 4.90 Å². The molecule has 0 amide bonds. The molecule has 0 aliphatic heterocycles. The van der Waals surface area contributed by atoms with Crippen LogP contribution in [0.2, 0.25) is 0 Å². The fourth-order valence-corrected chi connectivity index (χ4v) is 3.09. The summed E-state index contributed by atoms with van der Waals surface area (Å²) in [6, 6.07) is 18.1. The zero-order chi connectivity index (χ0) is 18.6. The monoisotopic (exact) mass is 350 g/mol. The minimum atomic E-state index is -3.95. The highest BCUT2D eigenvalue weighted by atomic mass is 32.2. The SMILES string of the molecule is [2H]c1ccccc1S(=O)(=O)Nc1ccc(N)nc1C#Cc1ccccc1. The summed E-state index contributed by atoms with van der Waals surface area (Å²) in [4.78, 5) is 3.99. The number of nitrogen functional groups attached to an aromatic ring is 1. The van der Waals surface area contributed by atoms with Gasteiger partial charge in [0.25, 0.3) is 10.0 Å². The van der Waals surface area contributed by atoms with Gasteiger partial charge in [0.15, 0.2) is 0 Å². The number of nitrogens with zero attached hydrogens (tertiary/aromatic N) is 1. The molecule has 2 aromatic carbocycles. The van der Waals surface area contributed by atoms with E-state index in [1.165, 1.54) is 24.3 Å². The van der Waals surface area contributed by atoms with E-state index in [1.807, 2.05) is 30.3 Å². The zero-order valence-electron chi connectivity index (χ0n) is 14.1. The molecule has 0 unspecified atom stereocenters. The first kappa shape index (κ1) is 15.2. The molecule has 0 saturated carbocycles. The molecule has 0 spiro atoms. The van der Waals surface area contributed by atoms with E-state index in [2.05, 4.69) is 21.5 Å². The molecule has 0 bridgehead atoms. The van der Waals surface area contributed by atoms with E-state index in [-0.39, 0.29) is 28.1 Å². The molecule has 0 aliphatic rings. The van der Waals surface area contributed by atoms with Gasteiger partial charge in [0, 0.05) is 5.56 Å². The second kappa shape index (κ2) is 7.07. The number of hydrogen-bond acceptors (Lipinski definition) is 4. The molecule has 1 aromatic heterocycles. The molecule has 0 aliphatic carbocycles. The van der Waals surface area contributed by atoms with Crippen LogP contribution in [0.3, 0.4) is 0 Å². The van der Waals surface area contributed by atoms with Gasteiger partial charge in [-0.3, -0.25) is 4.72 Å². The van der Waals surface area contributed by atoms with Crippen LogP contribution in [0.15, 0.2) is 77.7 Å². The van der Waals surface area contributed by atoms with Gasteiger partial charge in [-0.15, -0.1) is 0 Å². The van der Waals surface area contributed by atoms with Crippen LogP contribution in [0.5, 0.6) is 0 Å². The van der Waals surface area contributed by atoms with E-state index in [1.54, 1.807) is 12.1 Å². The molecule has 25 heavy (non-hydrogen) atoms. The Kier molecular flexibility index (Phi) is 4.31. The Labute approximate surface area is 148 Å². The van der Waals surface area contributed by atoms with E-state index in [0.29, 0.717) is 0 Å². The van der Waals surface area contributed by atoms with Crippen LogP contribution in [-0.2, 0) is 10.0 Å². The van der Waals surface area contributed by atoms with Crippen molar-refractivity contribution in [2.24, 2.45) is 0 Å². The van der Waals surface area contributed by atoms with Crippen LogP contribution < -0.4 is 10.5 Å². The lowest BCUT2D eigenvalue weighted by Gasteiger charge is -2.09. The first-order valence-electron chi connectivity index (χ1n) is 7.88. The Morgan fingerprint density at radius 3 is 2.44 bits per heavy atom. The fourth-order valence-electron chi connectivity index (χ4n) is 2.05. The summed E-state index contributed by atoms with van der Waals surface area (Å²) in [5.74, 6) is 6.00. The van der Waals surface area contributed by atoms with E-state index < -0.39 is 10.0 Å². The van der Waals surface area contributed by atoms with Crippen molar-refractivity contribution in [3.05, 3.63) is 84.0 Å². The van der Waals surface area contributed by atoms with Gasteiger partial charge in [-0.25, -0.2) is 13.4 Å². The number of benzene rings is 2. The van der Waals surface area contributed by atoms with Crippen LogP contribution in [0.4, 0.5) is 11.5 Å². The summed E-state index contributed by atoms with van der Waals surface area (Å²) in [7, 11) is -3.95. The molecule has 0 radical (unpaired) electrons. The average Bonchev–Trinajstić information content (AvgIpc) is 2.63. The van der Waals surface area contributed by atoms with Crippen LogP contribution in [0, 0.1) is 11.8 Å². The van der Waals surface area contributed by atoms with Gasteiger partial charge < -0.3 is 5.73 Å². The molecule has 124 valence electrons. The highest BCUT2D eigenvalue weighted by Gasteiger charge is 2.15. The lowest BCUT2D eigenvalue weighted by Crippen LogP contribution is -2.14. The topological polar surface area (TPSA) is 85.1 Å². The van der Waals surface area contributed by atoms with Crippen LogP contribution >= 0.6 is 0 Å². The Hall–Kier alpha value is -3.30. The Morgan fingerprint density at radius 2 is 1.68 bits per heavy atom. The van der Waals surface area contributed by atoms with Crippen molar-refractivity contribution < 1.29 is 9.79 Å². The number of aromatic nitrogens is 1. The smallest absolute Gasteiger partial charge is 0.261 e. The van der Waals surface area contributed by atoms with Crippen LogP contribution in [-0.4, -0.2) is 13.4 Å². The molecule has 5 nitrogen and oxygen atoms in total. The fraction of sp³-hybridized carbons (Fsp3) is 0. The minimum Gasteiger partial charge on any atom is -0.384 e. The van der Waals surface area contributed by atoms with Gasteiger partial charge >= 0.3 is 0 Å². The van der Waals surface area contributed by atoms with Gasteiger partial charge in [-0.2, -0.15) is 0 Å². The standard InChI is InChI=1S/C19H15N3O2S/c20-19-14-13-18(22-25(23,24)16-9-5-2-6-10-16)17(21-19)12-11-15-7-3-1-4-8-15/h1-10,13-14,22H,(H2,20,21)/i9D. The van der Waals surface area contributed by atoms with Crippen LogP contribution in [0.25, 0.3) is 0 Å². The van der Waals surface area contributed by atoms with Gasteiger partial charge in [-0.05, 0) is 42.3 Å². The summed E-state index contributed by atoms with van der Waals surface area (Å²) >= 11 is 0. The summed E-state index contributed by atoms with van der Waals surface area (Å²) in [5, 5.41) is 0. The van der Waals surface area contributed by atoms with Crippen molar-refractivity contribution >= 4 is 21.5 Å². The molecular formula is C19H15N3O2S. The number of pyridine rings is 1. The second-order valence-electron chi connectivity index (χ2n) is 5.08. The molecule has 1 heterocycles. The summed E-state index contributed by atoms with van der Waals surface area (Å²) in [5.41, 5.74) is 6.88. The second-order valence-corrected chi connectivity index (χ2v) is 6.73. The van der Waals surface area contributed by atoms with Crippen LogP contribution in [0.1, 0.15) is 12.6 Å². The highest BCUT2D eigenvalue weighted by molar-refractivity contribution is 7.92. The average molecular weight is 350 g/mol. The molecule has 3 rings (SSSR count). The van der Waals surface area contributed by atoms with Crippen molar-refractivity contribution in [1.82, 2.24) is 4.98 Å². The Morgan fingerprint density at radius 1 is 0.960 bits per heavy atom. The summed E-state index contributed by atoms with van der Waals surface area (Å²) < 4.78 is 35.4. The third-order valence-corrected chi connectivity index (χ3v) is 4.55. The van der Waals surface area contributed by atoms with E-state index >= 15 is 0 Å². The molecule has 0 fully saturated rings. The van der Waals surface area contributed by atoms with E-state index in [0.717, 1.165) is 5.56 Å². The first-order chi connectivity index (χ1) is 12.5. The molecule has 3 N–H and O–H groups in total. The molecule has 0 saturated heterocycles. The maximum absolute atomic E-state index is 12.6. The Balaban J connectivity index is 1.99. The number of nitrogens with one attached hydrogen (secondary N) is 1. The molecule has 6 heteroatoms. The van der Waals surface area contributed by atoms with Gasteiger partial charge in [0.1, 0.15) is 11.5 Å². The lowest BCUT2D eigenvalue weighted by atomic mass is 10.2. The quantitative estimate of drug-likeness (QED) is 0.711. The third kappa shape index (κ3) is 4.16. The third-order valence-electron chi connectivity index (χ3n) is 3.23. The summed E-state index contributed by atoms with van der Waals surface area (Å²) in [6.07, 6.45) is 0. The van der Waals surface area contributed by atoms with Gasteiger partial charge in [0.05, 0.1) is 12.0 Å². The largest absolute Gasteiger partial charge is 0.384 e. The maximum atomic E-state index is 12.6. The Bertz CT molecular complexity index is 1100. The van der Waals surface area contributed by atoms with Crippen molar-refractivity contribution in [3.8, 4) is 11.8 Å². The normalized spacial score (nSPS) is 11.1. The van der Waals surface area contributed by atoms with Gasteiger partial charge in [0.2, 0.25) is 0 Å². The maximum Gasteiger partial charge on any atom is 0.261 e. The van der Waals surface area contributed by atoms with E-state index in [4.69, 9.17) is 7.10 Å².